The molecule has 0 radical (unpaired) electrons. The van der Waals surface area contributed by atoms with Crippen LogP contribution < -0.4 is 0 Å². The highest BCUT2D eigenvalue weighted by Gasteiger charge is 2.37. The summed E-state index contributed by atoms with van der Waals surface area (Å²) in [5, 5.41) is 18.0. The number of rotatable bonds is 3. The Kier molecular flexibility index (Phi) is 3.88. The van der Waals surface area contributed by atoms with Crippen molar-refractivity contribution in [1.29, 1.82) is 5.26 Å². The van der Waals surface area contributed by atoms with Crippen LogP contribution in [0.25, 0.3) is 10.9 Å². The molecule has 1 aromatic carbocycles. The number of carboxylic acids is 1. The van der Waals surface area contributed by atoms with Crippen molar-refractivity contribution >= 4 is 16.9 Å². The monoisotopic (exact) mass is 310 g/mol. The average molecular weight is 310 g/mol. The number of aryl methyl sites for hydroxylation is 1. The number of fused-ring (bicyclic) bond motifs is 1. The highest BCUT2D eigenvalue weighted by Crippen LogP contribution is 2.39. The molecule has 0 amide bonds. The third-order valence-corrected chi connectivity index (χ3v) is 3.60. The van der Waals surface area contributed by atoms with Crippen molar-refractivity contribution in [2.45, 2.75) is 32.5 Å². The second-order valence-corrected chi connectivity index (χ2v) is 4.95. The van der Waals surface area contributed by atoms with E-state index >= 15 is 0 Å². The molecule has 1 unspecified atom stereocenters. The van der Waals surface area contributed by atoms with Crippen LogP contribution in [-0.2, 0) is 11.0 Å². The Hall–Kier alpha value is -2.49. The summed E-state index contributed by atoms with van der Waals surface area (Å²) >= 11 is 0. The zero-order valence-electron chi connectivity index (χ0n) is 11.9. The van der Waals surface area contributed by atoms with Crippen molar-refractivity contribution in [1.82, 2.24) is 4.57 Å². The largest absolute Gasteiger partial charge is 0.480 e. The summed E-state index contributed by atoms with van der Waals surface area (Å²) in [6.07, 6.45) is -4.45. The van der Waals surface area contributed by atoms with E-state index in [4.69, 9.17) is 5.26 Å². The van der Waals surface area contributed by atoms with E-state index in [-0.39, 0.29) is 17.3 Å². The number of carboxylic acid groups (broad SMARTS) is 1. The Balaban J connectivity index is 2.88. The number of halogens is 3. The fourth-order valence-electron chi connectivity index (χ4n) is 2.71. The molecule has 0 fully saturated rings. The van der Waals surface area contributed by atoms with Crippen molar-refractivity contribution in [2.24, 2.45) is 0 Å². The van der Waals surface area contributed by atoms with E-state index in [1.165, 1.54) is 16.7 Å². The number of aromatic nitrogens is 1. The third kappa shape index (κ3) is 2.41. The highest BCUT2D eigenvalue weighted by atomic mass is 19.4. The summed E-state index contributed by atoms with van der Waals surface area (Å²) in [4.78, 5) is 11.3. The number of alkyl halides is 3. The van der Waals surface area contributed by atoms with Gasteiger partial charge < -0.3 is 9.67 Å². The standard InChI is InChI=1S/C15H13F3N2O2/c1-3-11(14(21)22)20-8(2)6-10-12(20)5-4-9(7-19)13(10)15(16,17)18/h4-6,11H,3H2,1-2H3,(H,21,22). The van der Waals surface area contributed by atoms with Gasteiger partial charge in [-0.2, -0.15) is 18.4 Å². The van der Waals surface area contributed by atoms with E-state index in [1.54, 1.807) is 19.9 Å². The first kappa shape index (κ1) is 15.9. The van der Waals surface area contributed by atoms with Gasteiger partial charge in [-0.05, 0) is 31.5 Å². The maximum Gasteiger partial charge on any atom is 0.418 e. The second kappa shape index (κ2) is 5.37. The van der Waals surface area contributed by atoms with E-state index in [2.05, 4.69) is 0 Å². The summed E-state index contributed by atoms with van der Waals surface area (Å²) in [7, 11) is 0. The molecule has 2 aromatic rings. The molecular formula is C15H13F3N2O2. The van der Waals surface area contributed by atoms with Gasteiger partial charge in [-0.25, -0.2) is 4.79 Å². The number of carbonyl (C=O) groups is 1. The molecule has 0 aliphatic rings. The molecule has 1 heterocycles. The Morgan fingerprint density at radius 3 is 2.55 bits per heavy atom. The van der Waals surface area contributed by atoms with Crippen molar-refractivity contribution in [3.8, 4) is 6.07 Å². The molecule has 0 aliphatic carbocycles. The maximum atomic E-state index is 13.3. The quantitative estimate of drug-likeness (QED) is 0.935. The molecule has 0 aliphatic heterocycles. The van der Waals surface area contributed by atoms with E-state index in [0.29, 0.717) is 5.69 Å². The van der Waals surface area contributed by atoms with Crippen molar-refractivity contribution in [3.05, 3.63) is 35.0 Å². The van der Waals surface area contributed by atoms with Gasteiger partial charge in [0.15, 0.2) is 0 Å². The summed E-state index contributed by atoms with van der Waals surface area (Å²) < 4.78 is 41.2. The van der Waals surface area contributed by atoms with Crippen LogP contribution in [0.2, 0.25) is 0 Å². The smallest absolute Gasteiger partial charge is 0.418 e. The molecule has 0 spiro atoms. The second-order valence-electron chi connectivity index (χ2n) is 4.95. The number of hydrogen-bond acceptors (Lipinski definition) is 2. The number of nitriles is 1. The number of aliphatic carboxylic acids is 1. The molecule has 7 heteroatoms. The molecule has 0 saturated carbocycles. The lowest BCUT2D eigenvalue weighted by molar-refractivity contribution is -0.141. The molecule has 0 saturated heterocycles. The zero-order valence-corrected chi connectivity index (χ0v) is 11.9. The molecule has 0 bridgehead atoms. The lowest BCUT2D eigenvalue weighted by Gasteiger charge is -2.17. The lowest BCUT2D eigenvalue weighted by Crippen LogP contribution is -2.19. The molecular weight excluding hydrogens is 297 g/mol. The van der Waals surface area contributed by atoms with Crippen LogP contribution in [0.1, 0.15) is 36.2 Å². The van der Waals surface area contributed by atoms with Gasteiger partial charge in [0, 0.05) is 16.6 Å². The minimum absolute atomic E-state index is 0.149. The van der Waals surface area contributed by atoms with Crippen LogP contribution in [0.15, 0.2) is 18.2 Å². The van der Waals surface area contributed by atoms with E-state index in [0.717, 1.165) is 6.07 Å². The SMILES string of the molecule is CCC(C(=O)O)n1c(C)cc2c(C(F)(F)F)c(C#N)ccc21. The predicted molar refractivity (Wildman–Crippen MR) is 73.4 cm³/mol. The average Bonchev–Trinajstić information content (AvgIpc) is 2.73. The fourth-order valence-corrected chi connectivity index (χ4v) is 2.71. The minimum Gasteiger partial charge on any atom is -0.480 e. The van der Waals surface area contributed by atoms with Crippen molar-refractivity contribution in [2.75, 3.05) is 0 Å². The Morgan fingerprint density at radius 1 is 1.45 bits per heavy atom. The maximum absolute atomic E-state index is 13.3. The topological polar surface area (TPSA) is 66.0 Å². The Morgan fingerprint density at radius 2 is 2.09 bits per heavy atom. The van der Waals surface area contributed by atoms with Crippen LogP contribution in [0.5, 0.6) is 0 Å². The van der Waals surface area contributed by atoms with Crippen LogP contribution in [0.3, 0.4) is 0 Å². The first-order chi connectivity index (χ1) is 10.2. The zero-order chi connectivity index (χ0) is 16.7. The summed E-state index contributed by atoms with van der Waals surface area (Å²) in [5.74, 6) is -1.11. The van der Waals surface area contributed by atoms with Gasteiger partial charge in [-0.15, -0.1) is 0 Å². The third-order valence-electron chi connectivity index (χ3n) is 3.60. The van der Waals surface area contributed by atoms with Crippen LogP contribution in [-0.4, -0.2) is 15.6 Å². The van der Waals surface area contributed by atoms with Crippen molar-refractivity contribution < 1.29 is 23.1 Å². The van der Waals surface area contributed by atoms with Crippen molar-refractivity contribution in [3.63, 3.8) is 0 Å². The molecule has 2 rings (SSSR count). The summed E-state index contributed by atoms with van der Waals surface area (Å²) in [6, 6.07) is 4.32. The Bertz CT molecular complexity index is 785. The Labute approximate surface area is 124 Å². The molecule has 22 heavy (non-hydrogen) atoms. The predicted octanol–water partition coefficient (Wildman–Crippen LogP) is 3.88. The van der Waals surface area contributed by atoms with Gasteiger partial charge in [0.2, 0.25) is 0 Å². The highest BCUT2D eigenvalue weighted by molar-refractivity contribution is 5.89. The molecule has 1 aromatic heterocycles. The minimum atomic E-state index is -4.69. The first-order valence-electron chi connectivity index (χ1n) is 6.57. The number of hydrogen-bond donors (Lipinski definition) is 1. The van der Waals surface area contributed by atoms with E-state index < -0.39 is 29.3 Å². The summed E-state index contributed by atoms with van der Waals surface area (Å²) in [5.41, 5.74) is -0.918. The molecule has 1 atom stereocenters. The van der Waals surface area contributed by atoms with Gasteiger partial charge >= 0.3 is 12.1 Å². The normalized spacial score (nSPS) is 13.1. The van der Waals surface area contributed by atoms with E-state index in [9.17, 15) is 23.1 Å². The van der Waals surface area contributed by atoms with E-state index in [1.807, 2.05) is 0 Å². The van der Waals surface area contributed by atoms with Gasteiger partial charge in [-0.1, -0.05) is 6.92 Å². The number of benzene rings is 1. The number of nitrogens with zero attached hydrogens (tertiary/aromatic N) is 2. The first-order valence-corrected chi connectivity index (χ1v) is 6.57. The molecule has 1 N–H and O–H groups in total. The van der Waals surface area contributed by atoms with Gasteiger partial charge in [0.1, 0.15) is 6.04 Å². The molecule has 4 nitrogen and oxygen atoms in total. The van der Waals surface area contributed by atoms with Crippen LogP contribution >= 0.6 is 0 Å². The van der Waals surface area contributed by atoms with Crippen LogP contribution in [0.4, 0.5) is 13.2 Å². The van der Waals surface area contributed by atoms with Gasteiger partial charge in [0.05, 0.1) is 17.2 Å². The summed E-state index contributed by atoms with van der Waals surface area (Å²) in [6.45, 7) is 3.20. The molecule has 116 valence electrons. The fraction of sp³-hybridized carbons (Fsp3) is 0.333. The van der Waals surface area contributed by atoms with Gasteiger partial charge in [0.25, 0.3) is 0 Å². The lowest BCUT2D eigenvalue weighted by atomic mass is 10.0. The van der Waals surface area contributed by atoms with Gasteiger partial charge in [-0.3, -0.25) is 0 Å². The van der Waals surface area contributed by atoms with Crippen LogP contribution in [0, 0.1) is 18.3 Å².